The summed E-state index contributed by atoms with van der Waals surface area (Å²) in [7, 11) is 1.30. The summed E-state index contributed by atoms with van der Waals surface area (Å²) in [4.78, 5) is 15.7. The van der Waals surface area contributed by atoms with Gasteiger partial charge in [-0.05, 0) is 25.5 Å². The lowest BCUT2D eigenvalue weighted by molar-refractivity contribution is 0.0595. The van der Waals surface area contributed by atoms with Gasteiger partial charge in [-0.15, -0.1) is 5.10 Å². The molecule has 0 saturated carbocycles. The molecule has 0 aliphatic rings. The van der Waals surface area contributed by atoms with Crippen molar-refractivity contribution in [1.29, 1.82) is 0 Å². The number of rotatable bonds is 5. The molecule has 0 aromatic carbocycles. The van der Waals surface area contributed by atoms with Crippen molar-refractivity contribution in [2.75, 3.05) is 7.11 Å². The Morgan fingerprint density at radius 1 is 1.45 bits per heavy atom. The number of aliphatic hydroxyl groups excluding tert-OH is 1. The second-order valence-corrected chi connectivity index (χ2v) is 4.37. The molecule has 2 aromatic rings. The summed E-state index contributed by atoms with van der Waals surface area (Å²) in [6.07, 6.45) is 3.32. The fourth-order valence-electron chi connectivity index (χ4n) is 1.81. The van der Waals surface area contributed by atoms with E-state index in [4.69, 9.17) is 4.74 Å². The van der Waals surface area contributed by atoms with Crippen LogP contribution in [0.5, 0.6) is 0 Å². The van der Waals surface area contributed by atoms with Crippen molar-refractivity contribution in [3.63, 3.8) is 0 Å². The van der Waals surface area contributed by atoms with Gasteiger partial charge in [-0.3, -0.25) is 4.98 Å². The van der Waals surface area contributed by atoms with Gasteiger partial charge in [-0.1, -0.05) is 5.21 Å². The van der Waals surface area contributed by atoms with E-state index >= 15 is 0 Å². The van der Waals surface area contributed by atoms with Crippen molar-refractivity contribution < 1.29 is 14.6 Å². The van der Waals surface area contributed by atoms with Crippen molar-refractivity contribution in [3.8, 4) is 11.3 Å². The predicted octanol–water partition coefficient (Wildman–Crippen LogP) is 0.898. The van der Waals surface area contributed by atoms with Gasteiger partial charge >= 0.3 is 5.97 Å². The maximum Gasteiger partial charge on any atom is 0.360 e. The minimum atomic E-state index is -0.542. The van der Waals surface area contributed by atoms with E-state index in [2.05, 4.69) is 15.3 Å². The van der Waals surface area contributed by atoms with E-state index in [1.165, 1.54) is 7.11 Å². The smallest absolute Gasteiger partial charge is 0.360 e. The lowest BCUT2D eigenvalue weighted by Gasteiger charge is -2.08. The van der Waals surface area contributed by atoms with E-state index in [1.54, 1.807) is 36.1 Å². The Bertz CT molecular complexity index is 581. The summed E-state index contributed by atoms with van der Waals surface area (Å²) in [6, 6.07) is 3.54. The first-order valence-corrected chi connectivity index (χ1v) is 6.23. The second-order valence-electron chi connectivity index (χ2n) is 4.37. The molecule has 2 aromatic heterocycles. The summed E-state index contributed by atoms with van der Waals surface area (Å²) in [5, 5.41) is 17.2. The summed E-state index contributed by atoms with van der Waals surface area (Å²) in [5.41, 5.74) is 1.50. The van der Waals surface area contributed by atoms with Crippen molar-refractivity contribution in [2.45, 2.75) is 26.0 Å². The van der Waals surface area contributed by atoms with Crippen LogP contribution in [0.1, 0.15) is 23.8 Å². The average molecular weight is 276 g/mol. The van der Waals surface area contributed by atoms with Gasteiger partial charge in [0.1, 0.15) is 5.69 Å². The van der Waals surface area contributed by atoms with E-state index < -0.39 is 12.1 Å². The number of nitrogens with zero attached hydrogens (tertiary/aromatic N) is 4. The molecule has 106 valence electrons. The van der Waals surface area contributed by atoms with Gasteiger partial charge in [0.05, 0.1) is 13.2 Å². The topological polar surface area (TPSA) is 90.1 Å². The summed E-state index contributed by atoms with van der Waals surface area (Å²) in [5.74, 6) is -0.542. The fourth-order valence-corrected chi connectivity index (χ4v) is 1.81. The number of pyridine rings is 1. The molecular formula is C13H16N4O3. The Kier molecular flexibility index (Phi) is 4.41. The summed E-state index contributed by atoms with van der Waals surface area (Å²) in [6.45, 7) is 2.16. The van der Waals surface area contributed by atoms with Gasteiger partial charge < -0.3 is 9.84 Å². The third kappa shape index (κ3) is 3.00. The highest BCUT2D eigenvalue weighted by atomic mass is 16.5. The van der Waals surface area contributed by atoms with Crippen LogP contribution in [-0.4, -0.2) is 44.3 Å². The first-order valence-electron chi connectivity index (χ1n) is 6.23. The molecule has 1 unspecified atom stereocenters. The van der Waals surface area contributed by atoms with Crippen LogP contribution in [0, 0.1) is 0 Å². The molecule has 2 heterocycles. The molecule has 0 fully saturated rings. The number of methoxy groups -OCH3 is 1. The van der Waals surface area contributed by atoms with Crippen LogP contribution in [0.2, 0.25) is 0 Å². The third-order valence-electron chi connectivity index (χ3n) is 2.83. The Morgan fingerprint density at radius 2 is 2.15 bits per heavy atom. The first-order chi connectivity index (χ1) is 9.63. The summed E-state index contributed by atoms with van der Waals surface area (Å²) < 4.78 is 6.31. The second kappa shape index (κ2) is 6.25. The largest absolute Gasteiger partial charge is 0.464 e. The van der Waals surface area contributed by atoms with Crippen LogP contribution in [0.3, 0.4) is 0 Å². The molecule has 0 saturated heterocycles. The molecule has 0 radical (unpaired) electrons. The van der Waals surface area contributed by atoms with E-state index in [9.17, 15) is 9.90 Å². The van der Waals surface area contributed by atoms with Crippen molar-refractivity contribution >= 4 is 5.97 Å². The maximum absolute atomic E-state index is 11.8. The molecule has 2 rings (SSSR count). The molecule has 0 spiro atoms. The molecule has 0 aliphatic heterocycles. The van der Waals surface area contributed by atoms with E-state index in [0.717, 1.165) is 5.56 Å². The normalized spacial score (nSPS) is 12.2. The molecular weight excluding hydrogens is 260 g/mol. The number of aryl methyl sites for hydroxylation is 1. The Hall–Kier alpha value is -2.28. The average Bonchev–Trinajstić information content (AvgIpc) is 2.89. The number of carbonyl (C=O) groups excluding carboxylic acids is 1. The highest BCUT2D eigenvalue weighted by Gasteiger charge is 2.21. The number of esters is 1. The van der Waals surface area contributed by atoms with E-state index in [0.29, 0.717) is 18.7 Å². The van der Waals surface area contributed by atoms with Gasteiger partial charge in [-0.2, -0.15) is 0 Å². The number of ether oxygens (including phenoxy) is 1. The van der Waals surface area contributed by atoms with Crippen LogP contribution >= 0.6 is 0 Å². The van der Waals surface area contributed by atoms with E-state index in [1.807, 2.05) is 0 Å². The molecule has 7 nitrogen and oxygen atoms in total. The van der Waals surface area contributed by atoms with Crippen molar-refractivity contribution in [3.05, 3.63) is 30.2 Å². The Balaban J connectivity index is 2.43. The number of aromatic nitrogens is 4. The van der Waals surface area contributed by atoms with Crippen molar-refractivity contribution in [1.82, 2.24) is 20.0 Å². The van der Waals surface area contributed by atoms with E-state index in [-0.39, 0.29) is 5.69 Å². The van der Waals surface area contributed by atoms with Gasteiger partial charge in [0.15, 0.2) is 5.69 Å². The fraction of sp³-hybridized carbons (Fsp3) is 0.385. The van der Waals surface area contributed by atoms with Gasteiger partial charge in [0.2, 0.25) is 0 Å². The first kappa shape index (κ1) is 14.1. The zero-order valence-electron chi connectivity index (χ0n) is 11.4. The van der Waals surface area contributed by atoms with Crippen LogP contribution in [0.4, 0.5) is 0 Å². The summed E-state index contributed by atoms with van der Waals surface area (Å²) >= 11 is 0. The molecule has 20 heavy (non-hydrogen) atoms. The van der Waals surface area contributed by atoms with Crippen LogP contribution in [0.15, 0.2) is 24.5 Å². The van der Waals surface area contributed by atoms with Crippen molar-refractivity contribution in [2.24, 2.45) is 0 Å². The third-order valence-corrected chi connectivity index (χ3v) is 2.83. The molecule has 0 amide bonds. The molecule has 0 aliphatic carbocycles. The minimum Gasteiger partial charge on any atom is -0.464 e. The standard InChI is InChI=1S/C13H16N4O3/c1-9(18)5-8-17-12(10-3-6-14-7-4-10)11(15-16-17)13(19)20-2/h3-4,6-7,9,18H,5,8H2,1-2H3. The highest BCUT2D eigenvalue weighted by Crippen LogP contribution is 2.22. The van der Waals surface area contributed by atoms with Gasteiger partial charge in [0, 0.05) is 24.5 Å². The minimum absolute atomic E-state index is 0.157. The molecule has 1 atom stereocenters. The Morgan fingerprint density at radius 3 is 2.75 bits per heavy atom. The van der Waals surface area contributed by atoms with Crippen LogP contribution in [0.25, 0.3) is 11.3 Å². The predicted molar refractivity (Wildman–Crippen MR) is 70.9 cm³/mol. The van der Waals surface area contributed by atoms with Gasteiger partial charge in [0.25, 0.3) is 0 Å². The SMILES string of the molecule is COC(=O)c1nnn(CCC(C)O)c1-c1ccncc1. The number of aliphatic hydroxyl groups is 1. The highest BCUT2D eigenvalue weighted by molar-refractivity contribution is 5.93. The molecule has 0 bridgehead atoms. The maximum atomic E-state index is 11.8. The molecule has 7 heteroatoms. The zero-order valence-corrected chi connectivity index (χ0v) is 11.4. The monoisotopic (exact) mass is 276 g/mol. The van der Waals surface area contributed by atoms with Crippen LogP contribution < -0.4 is 0 Å². The number of hydrogen-bond acceptors (Lipinski definition) is 6. The van der Waals surface area contributed by atoms with Gasteiger partial charge in [-0.25, -0.2) is 9.48 Å². The number of carbonyl (C=O) groups is 1. The number of hydrogen-bond donors (Lipinski definition) is 1. The van der Waals surface area contributed by atoms with Crippen LogP contribution in [-0.2, 0) is 11.3 Å². The molecule has 1 N–H and O–H groups in total. The lowest BCUT2D eigenvalue weighted by Crippen LogP contribution is -2.10. The zero-order chi connectivity index (χ0) is 14.5. The lowest BCUT2D eigenvalue weighted by atomic mass is 10.1. The quantitative estimate of drug-likeness (QED) is 0.816. The Labute approximate surface area is 116 Å².